The van der Waals surface area contributed by atoms with Gasteiger partial charge in [0.1, 0.15) is 0 Å². The first kappa shape index (κ1) is 25.8. The molecule has 4 aliphatic rings. The molecule has 192 valence electrons. The van der Waals surface area contributed by atoms with Crippen LogP contribution in [0.2, 0.25) is 0 Å². The van der Waals surface area contributed by atoms with Gasteiger partial charge in [-0.25, -0.2) is 0 Å². The quantitative estimate of drug-likeness (QED) is 0.356. The summed E-state index contributed by atoms with van der Waals surface area (Å²) in [5.74, 6) is 0.00526. The summed E-state index contributed by atoms with van der Waals surface area (Å²) < 4.78 is 0. The van der Waals surface area contributed by atoms with Gasteiger partial charge in [0.05, 0.1) is 30.5 Å². The molecular formula is C27H48O6. The highest BCUT2D eigenvalue weighted by Crippen LogP contribution is 2.68. The summed E-state index contributed by atoms with van der Waals surface area (Å²) in [6.07, 6.45) is 2.78. The van der Waals surface area contributed by atoms with Crippen molar-refractivity contribution >= 4 is 0 Å². The van der Waals surface area contributed by atoms with Crippen LogP contribution in [0.25, 0.3) is 0 Å². The van der Waals surface area contributed by atoms with Crippen LogP contribution in [0.1, 0.15) is 79.1 Å². The Morgan fingerprint density at radius 1 is 0.788 bits per heavy atom. The van der Waals surface area contributed by atoms with Crippen molar-refractivity contribution in [1.29, 1.82) is 0 Å². The monoisotopic (exact) mass is 468 g/mol. The molecule has 6 nitrogen and oxygen atoms in total. The zero-order valence-corrected chi connectivity index (χ0v) is 21.0. The lowest BCUT2D eigenvalue weighted by molar-refractivity contribution is -0.230. The zero-order chi connectivity index (χ0) is 24.3. The zero-order valence-electron chi connectivity index (χ0n) is 21.0. The average Bonchev–Trinajstić information content (AvgIpc) is 2.98. The van der Waals surface area contributed by atoms with Crippen molar-refractivity contribution in [3.63, 3.8) is 0 Å². The van der Waals surface area contributed by atoms with Crippen molar-refractivity contribution in [1.82, 2.24) is 0 Å². The lowest BCUT2D eigenvalue weighted by atomic mass is 9.43. The highest BCUT2D eigenvalue weighted by molar-refractivity contribution is 5.17. The molecule has 0 bridgehead atoms. The molecule has 0 aromatic rings. The largest absolute Gasteiger partial charge is 0.396 e. The fourth-order valence-electron chi connectivity index (χ4n) is 9.40. The third-order valence-electron chi connectivity index (χ3n) is 11.2. The maximum absolute atomic E-state index is 11.4. The van der Waals surface area contributed by atoms with Gasteiger partial charge in [-0.3, -0.25) is 0 Å². The van der Waals surface area contributed by atoms with Crippen LogP contribution in [-0.4, -0.2) is 67.8 Å². The van der Waals surface area contributed by atoms with E-state index in [0.717, 1.165) is 44.9 Å². The van der Waals surface area contributed by atoms with Gasteiger partial charge in [0.15, 0.2) is 0 Å². The number of hydrogen-bond donors (Lipinski definition) is 6. The molecule has 4 fully saturated rings. The standard InChI is InChI=1S/C27H48O6/c1-14(13-28)6-5-7-15(2)20-24(32)25(33)21-19-17(9-11-27(20,21)4)26(3)10-8-16(29)12-18(26)22(30)23(19)31/h14-25,28-33H,5-13H2,1-4H3/t14?,15-,16+,17+,18-,19-,20+,21-,22+,23+,24-,25-,26-,27-/m1/s1. The molecule has 0 amide bonds. The Bertz CT molecular complexity index is 688. The molecule has 0 spiro atoms. The summed E-state index contributed by atoms with van der Waals surface area (Å²) in [6, 6.07) is 0. The number of fused-ring (bicyclic) bond motifs is 5. The van der Waals surface area contributed by atoms with E-state index in [2.05, 4.69) is 20.8 Å². The summed E-state index contributed by atoms with van der Waals surface area (Å²) in [4.78, 5) is 0. The molecule has 4 saturated carbocycles. The molecule has 0 aliphatic heterocycles. The molecule has 6 heteroatoms. The van der Waals surface area contributed by atoms with Gasteiger partial charge in [0.2, 0.25) is 0 Å². The van der Waals surface area contributed by atoms with Gasteiger partial charge in [-0.15, -0.1) is 0 Å². The van der Waals surface area contributed by atoms with E-state index in [9.17, 15) is 30.6 Å². The van der Waals surface area contributed by atoms with Crippen molar-refractivity contribution in [2.75, 3.05) is 6.61 Å². The van der Waals surface area contributed by atoms with Crippen LogP contribution < -0.4 is 0 Å². The van der Waals surface area contributed by atoms with E-state index in [-0.39, 0.29) is 58.9 Å². The van der Waals surface area contributed by atoms with E-state index in [4.69, 9.17) is 0 Å². The van der Waals surface area contributed by atoms with E-state index in [1.807, 2.05) is 6.92 Å². The predicted octanol–water partition coefficient (Wildman–Crippen LogP) is 2.32. The molecule has 4 aliphatic carbocycles. The second-order valence-corrected chi connectivity index (χ2v) is 13.0. The smallest absolute Gasteiger partial charge is 0.0839 e. The Kier molecular flexibility index (Phi) is 7.30. The lowest BCUT2D eigenvalue weighted by Gasteiger charge is -2.63. The van der Waals surface area contributed by atoms with Gasteiger partial charge >= 0.3 is 0 Å². The maximum Gasteiger partial charge on any atom is 0.0839 e. The van der Waals surface area contributed by atoms with Crippen LogP contribution in [0.4, 0.5) is 0 Å². The Hall–Kier alpha value is -0.240. The van der Waals surface area contributed by atoms with Crippen LogP contribution in [-0.2, 0) is 0 Å². The van der Waals surface area contributed by atoms with Crippen LogP contribution in [0.5, 0.6) is 0 Å². The highest BCUT2D eigenvalue weighted by Gasteiger charge is 2.69. The van der Waals surface area contributed by atoms with E-state index in [0.29, 0.717) is 6.42 Å². The van der Waals surface area contributed by atoms with Crippen LogP contribution in [0, 0.1) is 52.3 Å². The first-order chi connectivity index (χ1) is 15.5. The molecule has 0 aromatic heterocycles. The van der Waals surface area contributed by atoms with Gasteiger partial charge in [-0.05, 0) is 90.8 Å². The maximum atomic E-state index is 11.4. The SMILES string of the molecule is CC(CO)CCC[C@@H](C)[C@H]1[C@@H](O)[C@H](O)[C@H]2[C@@H]3[C@H](O)[C@@H](O)[C@H]4C[C@@H](O)CC[C@]4(C)[C@H]3CC[C@]12C. The summed E-state index contributed by atoms with van der Waals surface area (Å²) in [5, 5.41) is 64.8. The van der Waals surface area contributed by atoms with E-state index in [1.54, 1.807) is 0 Å². The summed E-state index contributed by atoms with van der Waals surface area (Å²) in [5.41, 5.74) is -0.460. The summed E-state index contributed by atoms with van der Waals surface area (Å²) in [7, 11) is 0. The Morgan fingerprint density at radius 2 is 1.45 bits per heavy atom. The van der Waals surface area contributed by atoms with E-state index in [1.165, 1.54) is 0 Å². The summed E-state index contributed by atoms with van der Waals surface area (Å²) >= 11 is 0. The number of hydrogen-bond acceptors (Lipinski definition) is 6. The third-order valence-corrected chi connectivity index (χ3v) is 11.2. The molecule has 0 saturated heterocycles. The minimum Gasteiger partial charge on any atom is -0.396 e. The molecule has 4 rings (SSSR count). The van der Waals surface area contributed by atoms with Gasteiger partial charge < -0.3 is 30.6 Å². The van der Waals surface area contributed by atoms with Crippen LogP contribution >= 0.6 is 0 Å². The van der Waals surface area contributed by atoms with Crippen LogP contribution in [0.3, 0.4) is 0 Å². The van der Waals surface area contributed by atoms with Crippen LogP contribution in [0.15, 0.2) is 0 Å². The van der Waals surface area contributed by atoms with Gasteiger partial charge in [0, 0.05) is 6.61 Å². The fraction of sp³-hybridized carbons (Fsp3) is 1.00. The molecule has 14 atom stereocenters. The minimum absolute atomic E-state index is 0.0501. The van der Waals surface area contributed by atoms with Crippen molar-refractivity contribution in [3.8, 4) is 0 Å². The second-order valence-electron chi connectivity index (χ2n) is 13.0. The molecule has 6 N–H and O–H groups in total. The molecule has 0 radical (unpaired) electrons. The Labute approximate surface area is 199 Å². The number of aliphatic hydroxyl groups is 6. The Balaban J connectivity index is 1.60. The number of aliphatic hydroxyl groups excluding tert-OH is 6. The van der Waals surface area contributed by atoms with E-state index >= 15 is 0 Å². The van der Waals surface area contributed by atoms with Crippen molar-refractivity contribution in [2.24, 2.45) is 52.3 Å². The Morgan fingerprint density at radius 3 is 2.12 bits per heavy atom. The fourth-order valence-corrected chi connectivity index (χ4v) is 9.40. The molecular weight excluding hydrogens is 420 g/mol. The minimum atomic E-state index is -0.940. The van der Waals surface area contributed by atoms with Crippen molar-refractivity contribution in [2.45, 2.75) is 110 Å². The second kappa shape index (κ2) is 9.33. The molecule has 0 aromatic carbocycles. The van der Waals surface area contributed by atoms with Gasteiger partial charge in [0.25, 0.3) is 0 Å². The number of rotatable bonds is 6. The molecule has 1 unspecified atom stereocenters. The third kappa shape index (κ3) is 4.01. The van der Waals surface area contributed by atoms with Gasteiger partial charge in [-0.1, -0.05) is 40.5 Å². The summed E-state index contributed by atoms with van der Waals surface area (Å²) in [6.45, 7) is 8.84. The normalized spacial score (nSPS) is 53.6. The molecule has 33 heavy (non-hydrogen) atoms. The van der Waals surface area contributed by atoms with Crippen molar-refractivity contribution < 1.29 is 30.6 Å². The first-order valence-corrected chi connectivity index (χ1v) is 13.5. The molecule has 0 heterocycles. The lowest BCUT2D eigenvalue weighted by Crippen LogP contribution is -2.65. The topological polar surface area (TPSA) is 121 Å². The van der Waals surface area contributed by atoms with E-state index < -0.39 is 30.5 Å². The van der Waals surface area contributed by atoms with Crippen molar-refractivity contribution in [3.05, 3.63) is 0 Å². The van der Waals surface area contributed by atoms with Gasteiger partial charge in [-0.2, -0.15) is 0 Å². The highest BCUT2D eigenvalue weighted by atomic mass is 16.3. The predicted molar refractivity (Wildman–Crippen MR) is 126 cm³/mol. The first-order valence-electron chi connectivity index (χ1n) is 13.5. The average molecular weight is 469 g/mol.